The van der Waals surface area contributed by atoms with E-state index in [1.807, 2.05) is 18.2 Å². The normalized spacial score (nSPS) is 22.1. The van der Waals surface area contributed by atoms with Gasteiger partial charge in [0.05, 0.1) is 18.8 Å². The molecule has 0 spiro atoms. The van der Waals surface area contributed by atoms with Gasteiger partial charge in [-0.15, -0.1) is 0 Å². The highest BCUT2D eigenvalue weighted by molar-refractivity contribution is 5.25. The lowest BCUT2D eigenvalue weighted by molar-refractivity contribution is 0.0914. The number of benzene rings is 1. The first kappa shape index (κ1) is 15.4. The van der Waals surface area contributed by atoms with Crippen LogP contribution in [0.25, 0.3) is 0 Å². The van der Waals surface area contributed by atoms with Crippen molar-refractivity contribution in [1.29, 1.82) is 0 Å². The van der Waals surface area contributed by atoms with E-state index in [-0.39, 0.29) is 6.61 Å². The van der Waals surface area contributed by atoms with Crippen molar-refractivity contribution in [3.8, 4) is 0 Å². The maximum Gasteiger partial charge on any atom is 0.0797 e. The molecule has 2 rings (SSSR count). The van der Waals surface area contributed by atoms with Crippen LogP contribution < -0.4 is 5.32 Å². The quantitative estimate of drug-likeness (QED) is 0.787. The van der Waals surface area contributed by atoms with Gasteiger partial charge in [0.2, 0.25) is 0 Å². The summed E-state index contributed by atoms with van der Waals surface area (Å²) in [5.74, 6) is 0. The summed E-state index contributed by atoms with van der Waals surface area (Å²) >= 11 is 0. The minimum atomic E-state index is -0.409. The summed E-state index contributed by atoms with van der Waals surface area (Å²) in [7, 11) is 2.12. The van der Waals surface area contributed by atoms with Gasteiger partial charge in [-0.1, -0.05) is 37.3 Å². The zero-order valence-electron chi connectivity index (χ0n) is 12.5. The molecule has 2 N–H and O–H groups in total. The second-order valence-corrected chi connectivity index (χ2v) is 5.57. The maximum absolute atomic E-state index is 10.0. The first-order chi connectivity index (χ1) is 9.72. The summed E-state index contributed by atoms with van der Waals surface area (Å²) < 4.78 is 5.47. The van der Waals surface area contributed by atoms with Gasteiger partial charge in [0.25, 0.3) is 0 Å². The third kappa shape index (κ3) is 3.38. The summed E-state index contributed by atoms with van der Waals surface area (Å²) in [6, 6.07) is 10.7. The fourth-order valence-electron chi connectivity index (χ4n) is 2.97. The Hall–Kier alpha value is -0.940. The Morgan fingerprint density at radius 2 is 2.15 bits per heavy atom. The number of nitrogens with zero attached hydrogens (tertiary/aromatic N) is 1. The molecule has 4 nitrogen and oxygen atoms in total. The highest BCUT2D eigenvalue weighted by Gasteiger charge is 2.34. The molecule has 2 unspecified atom stereocenters. The highest BCUT2D eigenvalue weighted by Crippen LogP contribution is 2.24. The number of ether oxygens (including phenoxy) is 1. The first-order valence-corrected chi connectivity index (χ1v) is 7.41. The third-order valence-corrected chi connectivity index (χ3v) is 4.16. The molecule has 1 aromatic carbocycles. The van der Waals surface area contributed by atoms with E-state index in [9.17, 15) is 5.11 Å². The molecule has 20 heavy (non-hydrogen) atoms. The number of hydrogen-bond donors (Lipinski definition) is 2. The number of nitrogens with one attached hydrogen (secondary N) is 1. The van der Waals surface area contributed by atoms with Crippen molar-refractivity contribution in [2.75, 3.05) is 40.0 Å². The van der Waals surface area contributed by atoms with Crippen molar-refractivity contribution >= 4 is 0 Å². The van der Waals surface area contributed by atoms with Crippen LogP contribution in [0.2, 0.25) is 0 Å². The van der Waals surface area contributed by atoms with Crippen molar-refractivity contribution in [1.82, 2.24) is 10.2 Å². The van der Waals surface area contributed by atoms with Crippen LogP contribution in [0.5, 0.6) is 0 Å². The van der Waals surface area contributed by atoms with E-state index in [2.05, 4.69) is 36.3 Å². The molecule has 0 bridgehead atoms. The number of rotatable bonds is 7. The lowest BCUT2D eigenvalue weighted by Crippen LogP contribution is -2.54. The number of hydrogen-bond acceptors (Lipinski definition) is 4. The molecule has 0 saturated carbocycles. The molecule has 1 aliphatic heterocycles. The van der Waals surface area contributed by atoms with Crippen molar-refractivity contribution in [3.63, 3.8) is 0 Å². The first-order valence-electron chi connectivity index (χ1n) is 7.41. The summed E-state index contributed by atoms with van der Waals surface area (Å²) in [5, 5.41) is 13.5. The Morgan fingerprint density at radius 3 is 2.70 bits per heavy atom. The van der Waals surface area contributed by atoms with Gasteiger partial charge >= 0.3 is 0 Å². The molecular weight excluding hydrogens is 252 g/mol. The Kier molecular flexibility index (Phi) is 5.54. The van der Waals surface area contributed by atoms with Crippen molar-refractivity contribution < 1.29 is 9.84 Å². The Bertz CT molecular complexity index is 393. The van der Waals surface area contributed by atoms with E-state index in [0.29, 0.717) is 6.04 Å². The van der Waals surface area contributed by atoms with Gasteiger partial charge in [-0.25, -0.2) is 0 Å². The van der Waals surface area contributed by atoms with Crippen LogP contribution in [0.1, 0.15) is 18.9 Å². The molecule has 0 aromatic heterocycles. The average molecular weight is 278 g/mol. The highest BCUT2D eigenvalue weighted by atomic mass is 16.5. The SMILES string of the molecule is CCNC(CO)(CN(C)C1CCOC1)c1ccccc1. The van der Waals surface area contributed by atoms with Crippen LogP contribution in [0.3, 0.4) is 0 Å². The smallest absolute Gasteiger partial charge is 0.0797 e. The Balaban J connectivity index is 2.17. The molecule has 1 aliphatic rings. The summed E-state index contributed by atoms with van der Waals surface area (Å²) in [4.78, 5) is 2.30. The summed E-state index contributed by atoms with van der Waals surface area (Å²) in [6.45, 7) is 5.39. The Morgan fingerprint density at radius 1 is 1.40 bits per heavy atom. The maximum atomic E-state index is 10.0. The van der Waals surface area contributed by atoms with Gasteiger partial charge < -0.3 is 15.2 Å². The van der Waals surface area contributed by atoms with Gasteiger partial charge in [0, 0.05) is 19.2 Å². The molecule has 1 fully saturated rings. The number of aliphatic hydroxyl groups is 1. The molecule has 0 amide bonds. The van der Waals surface area contributed by atoms with Crippen molar-refractivity contribution in [2.45, 2.75) is 24.9 Å². The minimum Gasteiger partial charge on any atom is -0.394 e. The van der Waals surface area contributed by atoms with Crippen LogP contribution >= 0.6 is 0 Å². The van der Waals surface area contributed by atoms with E-state index >= 15 is 0 Å². The van der Waals surface area contributed by atoms with E-state index in [0.717, 1.165) is 38.3 Å². The molecule has 112 valence electrons. The predicted molar refractivity (Wildman–Crippen MR) is 80.7 cm³/mol. The second kappa shape index (κ2) is 7.18. The zero-order valence-corrected chi connectivity index (χ0v) is 12.5. The van der Waals surface area contributed by atoms with Crippen molar-refractivity contribution in [3.05, 3.63) is 35.9 Å². The van der Waals surface area contributed by atoms with Crippen molar-refractivity contribution in [2.24, 2.45) is 0 Å². The van der Waals surface area contributed by atoms with Crippen LogP contribution in [0.15, 0.2) is 30.3 Å². The second-order valence-electron chi connectivity index (χ2n) is 5.57. The van der Waals surface area contributed by atoms with Gasteiger partial charge in [-0.3, -0.25) is 4.90 Å². The van der Waals surface area contributed by atoms with E-state index in [1.165, 1.54) is 0 Å². The van der Waals surface area contributed by atoms with Crippen LogP contribution in [0, 0.1) is 0 Å². The fourth-order valence-corrected chi connectivity index (χ4v) is 2.97. The summed E-state index contributed by atoms with van der Waals surface area (Å²) in [5.41, 5.74) is 0.725. The van der Waals surface area contributed by atoms with Crippen LogP contribution in [-0.2, 0) is 10.3 Å². The molecule has 2 atom stereocenters. The van der Waals surface area contributed by atoms with Gasteiger partial charge in [-0.05, 0) is 25.6 Å². The molecule has 0 radical (unpaired) electrons. The number of likely N-dealkylation sites (N-methyl/N-ethyl adjacent to an activating group) is 2. The molecule has 0 aliphatic carbocycles. The lowest BCUT2D eigenvalue weighted by atomic mass is 9.89. The third-order valence-electron chi connectivity index (χ3n) is 4.16. The molecular formula is C16H26N2O2. The standard InChI is InChI=1S/C16H26N2O2/c1-3-17-16(13-19,14-7-5-4-6-8-14)12-18(2)15-9-10-20-11-15/h4-8,15,17,19H,3,9-13H2,1-2H3. The Labute approximate surface area is 121 Å². The summed E-state index contributed by atoms with van der Waals surface area (Å²) in [6.07, 6.45) is 1.07. The van der Waals surface area contributed by atoms with E-state index in [1.54, 1.807) is 0 Å². The molecule has 1 heterocycles. The molecule has 1 saturated heterocycles. The fraction of sp³-hybridized carbons (Fsp3) is 0.625. The minimum absolute atomic E-state index is 0.0861. The zero-order chi connectivity index (χ0) is 14.4. The lowest BCUT2D eigenvalue weighted by Gasteiger charge is -2.38. The van der Waals surface area contributed by atoms with Gasteiger partial charge in [0.1, 0.15) is 0 Å². The van der Waals surface area contributed by atoms with Crippen LogP contribution in [-0.4, -0.2) is 56.0 Å². The van der Waals surface area contributed by atoms with E-state index in [4.69, 9.17) is 4.74 Å². The topological polar surface area (TPSA) is 44.7 Å². The molecule has 4 heteroatoms. The molecule has 1 aromatic rings. The van der Waals surface area contributed by atoms with Gasteiger partial charge in [-0.2, -0.15) is 0 Å². The average Bonchev–Trinajstić information content (AvgIpc) is 3.02. The van der Waals surface area contributed by atoms with Gasteiger partial charge in [0.15, 0.2) is 0 Å². The number of aliphatic hydroxyl groups excluding tert-OH is 1. The largest absolute Gasteiger partial charge is 0.394 e. The van der Waals surface area contributed by atoms with E-state index < -0.39 is 5.54 Å². The monoisotopic (exact) mass is 278 g/mol. The van der Waals surface area contributed by atoms with Crippen LogP contribution in [0.4, 0.5) is 0 Å². The predicted octanol–water partition coefficient (Wildman–Crippen LogP) is 1.20.